The van der Waals surface area contributed by atoms with Crippen LogP contribution in [0.2, 0.25) is 0 Å². The largest absolute Gasteiger partial charge is 0.481 e. The number of hydrogen-bond acceptors (Lipinski definition) is 6. The van der Waals surface area contributed by atoms with Crippen LogP contribution in [0, 0.1) is 5.92 Å². The van der Waals surface area contributed by atoms with Crippen molar-refractivity contribution in [2.45, 2.75) is 63.7 Å². The summed E-state index contributed by atoms with van der Waals surface area (Å²) in [6.07, 6.45) is 1.03. The maximum absolute atomic E-state index is 13.6. The molecule has 0 radical (unpaired) electrons. The number of rotatable bonds is 15. The average molecular weight is 580 g/mol. The molecule has 8 N–H and O–H groups in total. The number of aliphatic carboxylic acids is 2. The number of carboxylic acids is 2. The first kappa shape index (κ1) is 31.8. The molecule has 2 aromatic carbocycles. The van der Waals surface area contributed by atoms with Gasteiger partial charge in [0.2, 0.25) is 17.7 Å². The zero-order valence-corrected chi connectivity index (χ0v) is 23.5. The smallest absolute Gasteiger partial charge is 0.326 e. The molecule has 42 heavy (non-hydrogen) atoms. The van der Waals surface area contributed by atoms with Crippen LogP contribution in [0.3, 0.4) is 0 Å². The first-order valence-electron chi connectivity index (χ1n) is 13.7. The molecular weight excluding hydrogens is 542 g/mol. The van der Waals surface area contributed by atoms with Gasteiger partial charge in [-0.05, 0) is 29.5 Å². The van der Waals surface area contributed by atoms with Crippen LogP contribution in [0.15, 0.2) is 60.8 Å². The fourth-order valence-electron chi connectivity index (χ4n) is 4.43. The number of hydrogen-bond donors (Lipinski definition) is 7. The zero-order chi connectivity index (χ0) is 30.8. The molecule has 0 aliphatic rings. The summed E-state index contributed by atoms with van der Waals surface area (Å²) in [5.41, 5.74) is 8.11. The van der Waals surface area contributed by atoms with E-state index in [2.05, 4.69) is 20.9 Å². The lowest BCUT2D eigenvalue weighted by Crippen LogP contribution is -2.58. The summed E-state index contributed by atoms with van der Waals surface area (Å²) in [5, 5.41) is 27.5. The Morgan fingerprint density at radius 2 is 1.38 bits per heavy atom. The molecule has 12 nitrogen and oxygen atoms in total. The number of para-hydroxylation sites is 1. The minimum atomic E-state index is -1.30. The number of carbonyl (C=O) groups is 5. The molecule has 12 heteroatoms. The van der Waals surface area contributed by atoms with Crippen molar-refractivity contribution in [3.63, 3.8) is 0 Å². The molecule has 0 aliphatic heterocycles. The molecule has 3 amide bonds. The molecule has 4 atom stereocenters. The SMILES string of the molecule is CC(C)C(N)C(=O)NC(CCC(=O)O)C(=O)NC(Cc1c[nH]c2ccccc12)C(=O)NC(Cc1ccccc1)C(=O)O. The van der Waals surface area contributed by atoms with Gasteiger partial charge >= 0.3 is 11.9 Å². The number of nitrogens with one attached hydrogen (secondary N) is 4. The van der Waals surface area contributed by atoms with Gasteiger partial charge in [0.05, 0.1) is 6.04 Å². The predicted molar refractivity (Wildman–Crippen MR) is 155 cm³/mol. The Labute approximate surface area is 243 Å². The first-order valence-corrected chi connectivity index (χ1v) is 13.7. The van der Waals surface area contributed by atoms with Crippen molar-refractivity contribution in [1.82, 2.24) is 20.9 Å². The molecule has 0 saturated carbocycles. The second kappa shape index (κ2) is 14.8. The molecule has 1 aromatic heterocycles. The predicted octanol–water partition coefficient (Wildman–Crippen LogP) is 1.34. The van der Waals surface area contributed by atoms with E-state index in [0.717, 1.165) is 10.9 Å². The third-order valence-corrected chi connectivity index (χ3v) is 6.93. The molecule has 4 unspecified atom stereocenters. The summed E-state index contributed by atoms with van der Waals surface area (Å²) in [7, 11) is 0. The Balaban J connectivity index is 1.87. The Hall–Kier alpha value is -4.71. The number of amides is 3. The van der Waals surface area contributed by atoms with Crippen LogP contribution in [0.1, 0.15) is 37.8 Å². The van der Waals surface area contributed by atoms with Gasteiger partial charge < -0.3 is 36.9 Å². The Morgan fingerprint density at radius 3 is 2.02 bits per heavy atom. The Kier molecular flexibility index (Phi) is 11.2. The van der Waals surface area contributed by atoms with E-state index in [1.54, 1.807) is 50.4 Å². The van der Waals surface area contributed by atoms with Gasteiger partial charge in [-0.2, -0.15) is 0 Å². The molecule has 1 heterocycles. The van der Waals surface area contributed by atoms with E-state index in [-0.39, 0.29) is 25.2 Å². The maximum Gasteiger partial charge on any atom is 0.326 e. The Bertz CT molecular complexity index is 1410. The minimum absolute atomic E-state index is 0.00956. The average Bonchev–Trinajstić information content (AvgIpc) is 3.36. The van der Waals surface area contributed by atoms with E-state index >= 15 is 0 Å². The van der Waals surface area contributed by atoms with E-state index in [9.17, 15) is 34.2 Å². The fraction of sp³-hybridized carbons (Fsp3) is 0.367. The number of nitrogens with two attached hydrogens (primary N) is 1. The van der Waals surface area contributed by atoms with Gasteiger partial charge in [-0.25, -0.2) is 4.79 Å². The standard InChI is InChI=1S/C30H37N5O7/c1-17(2)26(31)29(40)33-22(12-13-25(36)37)27(38)34-23(15-19-16-32-21-11-7-6-10-20(19)21)28(39)35-24(30(41)42)14-18-8-4-3-5-9-18/h3-11,16-17,22-24,26,32H,12-15,31H2,1-2H3,(H,33,40)(H,34,38)(H,35,39)(H,36,37)(H,41,42). The lowest BCUT2D eigenvalue weighted by Gasteiger charge is -2.25. The molecule has 0 bridgehead atoms. The lowest BCUT2D eigenvalue weighted by atomic mass is 10.0. The summed E-state index contributed by atoms with van der Waals surface area (Å²) in [4.78, 5) is 66.1. The van der Waals surface area contributed by atoms with E-state index in [0.29, 0.717) is 11.1 Å². The molecule has 224 valence electrons. The summed E-state index contributed by atoms with van der Waals surface area (Å²) in [5.74, 6) is -4.85. The molecule has 0 spiro atoms. The monoisotopic (exact) mass is 579 g/mol. The van der Waals surface area contributed by atoms with Crippen molar-refractivity contribution in [2.75, 3.05) is 0 Å². The van der Waals surface area contributed by atoms with E-state index < -0.39 is 60.2 Å². The van der Waals surface area contributed by atoms with Crippen LogP contribution in [0.4, 0.5) is 0 Å². The highest BCUT2D eigenvalue weighted by Gasteiger charge is 2.31. The Morgan fingerprint density at radius 1 is 0.786 bits per heavy atom. The van der Waals surface area contributed by atoms with Crippen molar-refractivity contribution in [3.8, 4) is 0 Å². The fourth-order valence-corrected chi connectivity index (χ4v) is 4.43. The lowest BCUT2D eigenvalue weighted by molar-refractivity contribution is -0.142. The van der Waals surface area contributed by atoms with Gasteiger partial charge in [-0.3, -0.25) is 19.2 Å². The molecule has 0 fully saturated rings. The van der Waals surface area contributed by atoms with Crippen molar-refractivity contribution in [2.24, 2.45) is 11.7 Å². The third kappa shape index (κ3) is 8.90. The van der Waals surface area contributed by atoms with Crippen molar-refractivity contribution in [1.29, 1.82) is 0 Å². The summed E-state index contributed by atoms with van der Waals surface area (Å²) in [6.45, 7) is 3.46. The van der Waals surface area contributed by atoms with E-state index in [1.807, 2.05) is 24.3 Å². The van der Waals surface area contributed by atoms with Gasteiger partial charge in [0.15, 0.2) is 0 Å². The number of carboxylic acid groups (broad SMARTS) is 2. The zero-order valence-electron chi connectivity index (χ0n) is 23.5. The number of benzene rings is 2. The highest BCUT2D eigenvalue weighted by Crippen LogP contribution is 2.19. The molecule has 0 saturated heterocycles. The van der Waals surface area contributed by atoms with Gasteiger partial charge in [0.1, 0.15) is 18.1 Å². The van der Waals surface area contributed by atoms with Crippen LogP contribution in [-0.4, -0.2) is 69.0 Å². The number of H-pyrrole nitrogens is 1. The van der Waals surface area contributed by atoms with Gasteiger partial charge in [0.25, 0.3) is 0 Å². The van der Waals surface area contributed by atoms with Crippen LogP contribution in [-0.2, 0) is 36.8 Å². The second-order valence-electron chi connectivity index (χ2n) is 10.5. The van der Waals surface area contributed by atoms with E-state index in [1.165, 1.54) is 0 Å². The molecule has 0 aliphatic carbocycles. The summed E-state index contributed by atoms with van der Waals surface area (Å²) >= 11 is 0. The van der Waals surface area contributed by atoms with Crippen molar-refractivity contribution in [3.05, 3.63) is 71.9 Å². The van der Waals surface area contributed by atoms with Gasteiger partial charge in [0, 0.05) is 36.4 Å². The van der Waals surface area contributed by atoms with Crippen LogP contribution < -0.4 is 21.7 Å². The number of aromatic nitrogens is 1. The second-order valence-corrected chi connectivity index (χ2v) is 10.5. The topological polar surface area (TPSA) is 204 Å². The summed E-state index contributed by atoms with van der Waals surface area (Å²) in [6, 6.07) is 11.4. The van der Waals surface area contributed by atoms with Crippen molar-refractivity contribution >= 4 is 40.6 Å². The third-order valence-electron chi connectivity index (χ3n) is 6.93. The van der Waals surface area contributed by atoms with Crippen LogP contribution >= 0.6 is 0 Å². The molecule has 3 rings (SSSR count). The van der Waals surface area contributed by atoms with E-state index in [4.69, 9.17) is 5.73 Å². The molecular formula is C30H37N5O7. The van der Waals surface area contributed by atoms with Gasteiger partial charge in [-0.15, -0.1) is 0 Å². The maximum atomic E-state index is 13.6. The highest BCUT2D eigenvalue weighted by molar-refractivity contribution is 5.95. The number of fused-ring (bicyclic) bond motifs is 1. The summed E-state index contributed by atoms with van der Waals surface area (Å²) < 4.78 is 0. The highest BCUT2D eigenvalue weighted by atomic mass is 16.4. The van der Waals surface area contributed by atoms with Crippen molar-refractivity contribution < 1.29 is 34.2 Å². The number of aromatic amines is 1. The van der Waals surface area contributed by atoms with Crippen LogP contribution in [0.25, 0.3) is 10.9 Å². The number of carbonyl (C=O) groups excluding carboxylic acids is 3. The molecule has 3 aromatic rings. The quantitative estimate of drug-likeness (QED) is 0.140. The minimum Gasteiger partial charge on any atom is -0.481 e. The van der Waals surface area contributed by atoms with Gasteiger partial charge in [-0.1, -0.05) is 62.4 Å². The van der Waals surface area contributed by atoms with Crippen LogP contribution in [0.5, 0.6) is 0 Å². The first-order chi connectivity index (χ1) is 20.0. The normalized spacial score (nSPS) is 14.0.